The van der Waals surface area contributed by atoms with Gasteiger partial charge in [-0.2, -0.15) is 0 Å². The van der Waals surface area contributed by atoms with Crippen molar-refractivity contribution in [1.29, 1.82) is 0 Å². The first-order valence-corrected chi connectivity index (χ1v) is 12.2. The molecule has 0 spiro atoms. The molecule has 0 aliphatic carbocycles. The predicted octanol–water partition coefficient (Wildman–Crippen LogP) is 3.38. The Morgan fingerprint density at radius 3 is 2.22 bits per heavy atom. The lowest BCUT2D eigenvalue weighted by molar-refractivity contribution is -0.919. The molecule has 0 radical (unpaired) electrons. The fourth-order valence-electron chi connectivity index (χ4n) is 5.11. The van der Waals surface area contributed by atoms with Gasteiger partial charge in [0.2, 0.25) is 5.91 Å². The smallest absolute Gasteiger partial charge is 0.282 e. The van der Waals surface area contributed by atoms with Crippen molar-refractivity contribution in [2.24, 2.45) is 5.92 Å². The lowest BCUT2D eigenvalue weighted by Gasteiger charge is -2.34. The fourth-order valence-corrected chi connectivity index (χ4v) is 5.11. The Morgan fingerprint density at radius 1 is 0.906 bits per heavy atom. The number of carbonyl (C=O) groups is 2. The summed E-state index contributed by atoms with van der Waals surface area (Å²) in [6.07, 6.45) is 6.51. The van der Waals surface area contributed by atoms with Gasteiger partial charge in [0.1, 0.15) is 0 Å². The third-order valence-electron chi connectivity index (χ3n) is 7.17. The number of hydrogen-bond acceptors (Lipinski definition) is 2. The standard InChI is InChI=1S/C27H35N3O2/c1-21(26(31)28-25-14-8-7-13-24(25)22-11-5-4-6-12-22)29-19-15-23(16-20-29)27(32)30-17-9-2-3-10-18-30/h4-8,11-14,21,23H,2-3,9-10,15-20H2,1H3,(H,28,31)/p+1/t21-/m1/s1. The first-order chi connectivity index (χ1) is 15.6. The largest absolute Gasteiger partial charge is 0.342 e. The zero-order valence-electron chi connectivity index (χ0n) is 19.2. The minimum atomic E-state index is -0.145. The van der Waals surface area contributed by atoms with Gasteiger partial charge in [0.05, 0.1) is 13.1 Å². The second-order valence-corrected chi connectivity index (χ2v) is 9.29. The van der Waals surface area contributed by atoms with Crippen molar-refractivity contribution in [2.75, 3.05) is 31.5 Å². The van der Waals surface area contributed by atoms with E-state index in [1.807, 2.05) is 49.4 Å². The van der Waals surface area contributed by atoms with E-state index in [9.17, 15) is 9.59 Å². The first kappa shape index (κ1) is 22.5. The molecule has 2 heterocycles. The van der Waals surface area contributed by atoms with E-state index in [-0.39, 0.29) is 17.9 Å². The molecule has 2 fully saturated rings. The number of piperidine rings is 1. The van der Waals surface area contributed by atoms with Crippen LogP contribution in [0, 0.1) is 5.92 Å². The topological polar surface area (TPSA) is 53.9 Å². The highest BCUT2D eigenvalue weighted by Crippen LogP contribution is 2.27. The summed E-state index contributed by atoms with van der Waals surface area (Å²) in [5.74, 6) is 0.520. The monoisotopic (exact) mass is 434 g/mol. The molecule has 2 aliphatic heterocycles. The number of hydrogen-bond donors (Lipinski definition) is 2. The number of amides is 2. The van der Waals surface area contributed by atoms with Gasteiger partial charge >= 0.3 is 0 Å². The van der Waals surface area contributed by atoms with Gasteiger partial charge in [0.25, 0.3) is 5.91 Å². The first-order valence-electron chi connectivity index (χ1n) is 12.2. The lowest BCUT2D eigenvalue weighted by atomic mass is 9.94. The van der Waals surface area contributed by atoms with Crippen LogP contribution in [0.2, 0.25) is 0 Å². The highest BCUT2D eigenvalue weighted by atomic mass is 16.2. The minimum absolute atomic E-state index is 0.0423. The summed E-state index contributed by atoms with van der Waals surface area (Å²) in [4.78, 5) is 29.4. The van der Waals surface area contributed by atoms with Crippen molar-refractivity contribution >= 4 is 17.5 Å². The highest BCUT2D eigenvalue weighted by Gasteiger charge is 2.34. The Balaban J connectivity index is 1.33. The Morgan fingerprint density at radius 2 is 1.53 bits per heavy atom. The van der Waals surface area contributed by atoms with Crippen LogP contribution in [0.5, 0.6) is 0 Å². The van der Waals surface area contributed by atoms with Crippen LogP contribution < -0.4 is 10.2 Å². The molecule has 0 saturated carbocycles. The molecular weight excluding hydrogens is 398 g/mol. The van der Waals surface area contributed by atoms with E-state index >= 15 is 0 Å². The molecule has 32 heavy (non-hydrogen) atoms. The third-order valence-corrected chi connectivity index (χ3v) is 7.17. The zero-order valence-corrected chi connectivity index (χ0v) is 19.2. The van der Waals surface area contributed by atoms with Crippen LogP contribution in [0.15, 0.2) is 54.6 Å². The normalized spacial score (nSPS) is 22.6. The molecule has 2 amide bonds. The zero-order chi connectivity index (χ0) is 22.3. The number of carbonyl (C=O) groups excluding carboxylic acids is 2. The number of rotatable bonds is 5. The molecule has 4 rings (SSSR count). The molecule has 0 aromatic heterocycles. The maximum absolute atomic E-state index is 13.1. The molecule has 5 heteroatoms. The van der Waals surface area contributed by atoms with Crippen LogP contribution in [0.25, 0.3) is 11.1 Å². The van der Waals surface area contributed by atoms with Gasteiger partial charge in [0, 0.05) is 43.1 Å². The van der Waals surface area contributed by atoms with Crippen molar-refractivity contribution in [3.8, 4) is 11.1 Å². The quantitative estimate of drug-likeness (QED) is 0.758. The maximum atomic E-state index is 13.1. The third kappa shape index (κ3) is 5.39. The summed E-state index contributed by atoms with van der Waals surface area (Å²) in [6, 6.07) is 18.0. The van der Waals surface area contributed by atoms with Crippen LogP contribution >= 0.6 is 0 Å². The molecular formula is C27H36N3O2+. The number of quaternary nitrogens is 1. The van der Waals surface area contributed by atoms with Gasteiger partial charge in [0.15, 0.2) is 6.04 Å². The van der Waals surface area contributed by atoms with E-state index in [1.165, 1.54) is 17.7 Å². The van der Waals surface area contributed by atoms with Crippen molar-refractivity contribution < 1.29 is 14.5 Å². The Hall–Kier alpha value is -2.66. The number of benzene rings is 2. The van der Waals surface area contributed by atoms with Gasteiger partial charge in [-0.3, -0.25) is 9.59 Å². The van der Waals surface area contributed by atoms with Crippen LogP contribution in [-0.4, -0.2) is 48.9 Å². The summed E-state index contributed by atoms with van der Waals surface area (Å²) in [6.45, 7) is 5.60. The molecule has 2 aromatic rings. The summed E-state index contributed by atoms with van der Waals surface area (Å²) in [5.41, 5.74) is 2.97. The van der Waals surface area contributed by atoms with Crippen LogP contribution in [0.1, 0.15) is 45.4 Å². The van der Waals surface area contributed by atoms with Crippen molar-refractivity contribution in [2.45, 2.75) is 51.5 Å². The Bertz CT molecular complexity index is 898. The molecule has 1 atom stereocenters. The Labute approximate surface area is 191 Å². The second-order valence-electron chi connectivity index (χ2n) is 9.29. The molecule has 5 nitrogen and oxygen atoms in total. The Kier molecular flexibility index (Phi) is 7.59. The van der Waals surface area contributed by atoms with Crippen LogP contribution in [0.3, 0.4) is 0 Å². The number of nitrogens with zero attached hydrogens (tertiary/aromatic N) is 1. The SMILES string of the molecule is C[C@H](C(=O)Nc1ccccc1-c1ccccc1)[NH+]1CCC(C(=O)N2CCCCCC2)CC1. The van der Waals surface area contributed by atoms with Gasteiger partial charge < -0.3 is 15.1 Å². The molecule has 2 aliphatic rings. The summed E-state index contributed by atoms with van der Waals surface area (Å²) in [7, 11) is 0. The number of para-hydroxylation sites is 1. The summed E-state index contributed by atoms with van der Waals surface area (Å²) in [5, 5.41) is 3.16. The molecule has 0 unspecified atom stereocenters. The van der Waals surface area contributed by atoms with E-state index in [0.29, 0.717) is 5.91 Å². The van der Waals surface area contributed by atoms with Gasteiger partial charge in [-0.25, -0.2) is 0 Å². The van der Waals surface area contributed by atoms with Crippen molar-refractivity contribution in [1.82, 2.24) is 4.90 Å². The number of anilines is 1. The fraction of sp³-hybridized carbons (Fsp3) is 0.481. The average Bonchev–Trinajstić information content (AvgIpc) is 3.14. The highest BCUT2D eigenvalue weighted by molar-refractivity contribution is 5.97. The van der Waals surface area contributed by atoms with E-state index in [1.54, 1.807) is 0 Å². The van der Waals surface area contributed by atoms with Gasteiger partial charge in [-0.15, -0.1) is 0 Å². The van der Waals surface area contributed by atoms with Crippen molar-refractivity contribution in [3.63, 3.8) is 0 Å². The van der Waals surface area contributed by atoms with E-state index in [0.717, 1.165) is 68.7 Å². The summed E-state index contributed by atoms with van der Waals surface area (Å²) < 4.78 is 0. The molecule has 2 N–H and O–H groups in total. The van der Waals surface area contributed by atoms with E-state index < -0.39 is 0 Å². The molecule has 0 bridgehead atoms. The van der Waals surface area contributed by atoms with Crippen LogP contribution in [0.4, 0.5) is 5.69 Å². The predicted molar refractivity (Wildman–Crippen MR) is 128 cm³/mol. The molecule has 2 saturated heterocycles. The van der Waals surface area contributed by atoms with Gasteiger partial charge in [-0.05, 0) is 31.4 Å². The van der Waals surface area contributed by atoms with E-state index in [2.05, 4.69) is 22.3 Å². The van der Waals surface area contributed by atoms with E-state index in [4.69, 9.17) is 0 Å². The molecule has 170 valence electrons. The maximum Gasteiger partial charge on any atom is 0.282 e. The minimum Gasteiger partial charge on any atom is -0.342 e. The lowest BCUT2D eigenvalue weighted by Crippen LogP contribution is -3.17. The average molecular weight is 435 g/mol. The summed E-state index contributed by atoms with van der Waals surface area (Å²) >= 11 is 0. The molecule has 2 aromatic carbocycles. The number of likely N-dealkylation sites (tertiary alicyclic amines) is 2. The number of nitrogens with one attached hydrogen (secondary N) is 2. The van der Waals surface area contributed by atoms with Crippen LogP contribution in [-0.2, 0) is 9.59 Å². The van der Waals surface area contributed by atoms with Crippen molar-refractivity contribution in [3.05, 3.63) is 54.6 Å². The second kappa shape index (κ2) is 10.8. The van der Waals surface area contributed by atoms with Gasteiger partial charge in [-0.1, -0.05) is 61.4 Å².